The van der Waals surface area contributed by atoms with Crippen molar-refractivity contribution >= 4 is 40.8 Å². The van der Waals surface area contributed by atoms with Crippen molar-refractivity contribution in [3.05, 3.63) is 90.4 Å². The van der Waals surface area contributed by atoms with E-state index in [2.05, 4.69) is 25.8 Å². The van der Waals surface area contributed by atoms with Gasteiger partial charge in [0.25, 0.3) is 5.91 Å². The fourth-order valence-corrected chi connectivity index (χ4v) is 4.52. The summed E-state index contributed by atoms with van der Waals surface area (Å²) in [5.41, 5.74) is 3.99. The van der Waals surface area contributed by atoms with E-state index in [0.29, 0.717) is 16.4 Å². The molecule has 0 saturated carbocycles. The molecule has 10 heteroatoms. The highest BCUT2D eigenvalue weighted by Gasteiger charge is 2.10. The lowest BCUT2D eigenvalue weighted by Gasteiger charge is -2.08. The fraction of sp³-hybridized carbons (Fsp3) is 0.0870. The van der Waals surface area contributed by atoms with Crippen molar-refractivity contribution in [1.82, 2.24) is 29.6 Å². The van der Waals surface area contributed by atoms with Gasteiger partial charge in [0.15, 0.2) is 0 Å². The monoisotopic (exact) mass is 473 g/mol. The number of carbonyl (C=O) groups is 1. The summed E-state index contributed by atoms with van der Waals surface area (Å²) in [6.45, 7) is 0. The van der Waals surface area contributed by atoms with Crippen LogP contribution in [0.2, 0.25) is 0 Å². The molecule has 0 bridgehead atoms. The summed E-state index contributed by atoms with van der Waals surface area (Å²) in [5, 5.41) is 15.3. The summed E-state index contributed by atoms with van der Waals surface area (Å²) in [7, 11) is 0. The Labute approximate surface area is 198 Å². The number of thioether (sulfide) groups is 2. The van der Waals surface area contributed by atoms with Crippen LogP contribution in [0.1, 0.15) is 16.1 Å². The third-order valence-electron chi connectivity index (χ3n) is 4.89. The first-order chi connectivity index (χ1) is 16.2. The number of carbonyl (C=O) groups excluding carboxylic acids is 1. The molecule has 5 aromatic rings. The van der Waals surface area contributed by atoms with Crippen LogP contribution in [0.4, 0.5) is 5.69 Å². The van der Waals surface area contributed by atoms with Gasteiger partial charge < -0.3 is 9.72 Å². The third-order valence-corrected chi connectivity index (χ3v) is 6.55. The van der Waals surface area contributed by atoms with Gasteiger partial charge in [-0.3, -0.25) is 4.79 Å². The van der Waals surface area contributed by atoms with Gasteiger partial charge in [0.1, 0.15) is 5.65 Å². The van der Waals surface area contributed by atoms with E-state index in [1.54, 1.807) is 16.4 Å². The Balaban J connectivity index is 1.23. The van der Waals surface area contributed by atoms with Crippen LogP contribution in [0.5, 0.6) is 0 Å². The number of fused-ring (bicyclic) bond motifs is 1. The zero-order valence-corrected chi connectivity index (χ0v) is 19.3. The first-order valence-corrected chi connectivity index (χ1v) is 12.3. The molecule has 1 amide bonds. The van der Waals surface area contributed by atoms with Crippen LogP contribution in [-0.2, 0) is 5.75 Å². The van der Waals surface area contributed by atoms with Crippen LogP contribution >= 0.6 is 23.5 Å². The van der Waals surface area contributed by atoms with E-state index in [9.17, 15) is 4.79 Å². The second kappa shape index (κ2) is 9.47. The molecule has 3 aromatic heterocycles. The largest absolute Gasteiger partial charge is 0.322 e. The molecule has 0 atom stereocenters. The summed E-state index contributed by atoms with van der Waals surface area (Å²) < 4.78 is 3.65. The molecule has 0 aliphatic rings. The van der Waals surface area contributed by atoms with Gasteiger partial charge in [-0.15, -0.1) is 16.9 Å². The molecular formula is C23H19N7OS2. The van der Waals surface area contributed by atoms with Crippen molar-refractivity contribution < 1.29 is 4.79 Å². The van der Waals surface area contributed by atoms with Crippen LogP contribution < -0.4 is 5.32 Å². The summed E-state index contributed by atoms with van der Waals surface area (Å²) in [4.78, 5) is 18.4. The Morgan fingerprint density at radius 1 is 1.06 bits per heavy atom. The predicted octanol–water partition coefficient (Wildman–Crippen LogP) is 4.58. The van der Waals surface area contributed by atoms with E-state index in [-0.39, 0.29) is 5.91 Å². The number of hydrogen-bond donors (Lipinski definition) is 1. The zero-order chi connectivity index (χ0) is 22.6. The van der Waals surface area contributed by atoms with Gasteiger partial charge in [-0.1, -0.05) is 23.9 Å². The number of imidazole rings is 1. The lowest BCUT2D eigenvalue weighted by atomic mass is 10.2. The van der Waals surface area contributed by atoms with E-state index in [1.165, 1.54) is 11.8 Å². The van der Waals surface area contributed by atoms with Crippen LogP contribution in [0.3, 0.4) is 0 Å². The van der Waals surface area contributed by atoms with Gasteiger partial charge in [0, 0.05) is 34.3 Å². The second-order valence-corrected chi connectivity index (χ2v) is 8.92. The topological polar surface area (TPSA) is 90.0 Å². The molecule has 8 nitrogen and oxygen atoms in total. The molecule has 3 heterocycles. The number of amides is 1. The Bertz CT molecular complexity index is 1380. The molecule has 1 N–H and O–H groups in total. The molecule has 0 fully saturated rings. The summed E-state index contributed by atoms with van der Waals surface area (Å²) in [6.07, 6.45) is 5.94. The number of pyridine rings is 1. The molecular weight excluding hydrogens is 454 g/mol. The van der Waals surface area contributed by atoms with Gasteiger partial charge in [0.05, 0.1) is 11.4 Å². The molecule has 2 aromatic carbocycles. The van der Waals surface area contributed by atoms with Crippen molar-refractivity contribution in [3.63, 3.8) is 0 Å². The molecule has 0 unspecified atom stereocenters. The van der Waals surface area contributed by atoms with Crippen molar-refractivity contribution in [2.24, 2.45) is 0 Å². The summed E-state index contributed by atoms with van der Waals surface area (Å²) >= 11 is 3.14. The zero-order valence-electron chi connectivity index (χ0n) is 17.6. The number of rotatable bonds is 7. The number of tetrazole rings is 1. The average Bonchev–Trinajstić information content (AvgIpc) is 3.50. The van der Waals surface area contributed by atoms with E-state index in [4.69, 9.17) is 0 Å². The standard InChI is InChI=1S/C23H19N7OS2/c1-32-23-26-27-28-30(23)19-6-4-5-17(13-19)25-22(31)16-8-10-20(11-9-16)33-15-18-14-29-12-3-2-7-21(29)24-18/h2-14H,15H2,1H3,(H,25,31). The van der Waals surface area contributed by atoms with E-state index >= 15 is 0 Å². The molecule has 0 spiro atoms. The lowest BCUT2D eigenvalue weighted by Crippen LogP contribution is -2.12. The highest BCUT2D eigenvalue weighted by molar-refractivity contribution is 7.98. The molecule has 0 saturated heterocycles. The predicted molar refractivity (Wildman–Crippen MR) is 130 cm³/mol. The minimum atomic E-state index is -0.175. The number of aromatic nitrogens is 6. The second-order valence-electron chi connectivity index (χ2n) is 7.09. The maximum atomic E-state index is 12.7. The number of anilines is 1. The highest BCUT2D eigenvalue weighted by Crippen LogP contribution is 2.24. The molecule has 0 aliphatic carbocycles. The molecule has 5 rings (SSSR count). The van der Waals surface area contributed by atoms with Crippen LogP contribution in [-0.4, -0.2) is 41.8 Å². The Hall–Kier alpha value is -3.63. The van der Waals surface area contributed by atoms with Crippen molar-refractivity contribution in [3.8, 4) is 5.69 Å². The number of nitrogens with one attached hydrogen (secondary N) is 1. The molecule has 0 radical (unpaired) electrons. The van der Waals surface area contributed by atoms with Crippen LogP contribution in [0.15, 0.2) is 89.2 Å². The maximum Gasteiger partial charge on any atom is 0.255 e. The van der Waals surface area contributed by atoms with E-state index < -0.39 is 0 Å². The number of nitrogens with zero attached hydrogens (tertiary/aromatic N) is 6. The van der Waals surface area contributed by atoms with Gasteiger partial charge in [-0.05, 0) is 71.3 Å². The Morgan fingerprint density at radius 3 is 2.76 bits per heavy atom. The van der Waals surface area contributed by atoms with Crippen molar-refractivity contribution in [1.29, 1.82) is 0 Å². The van der Waals surface area contributed by atoms with E-state index in [0.717, 1.165) is 27.7 Å². The minimum Gasteiger partial charge on any atom is -0.322 e. The lowest BCUT2D eigenvalue weighted by molar-refractivity contribution is 0.102. The quantitative estimate of drug-likeness (QED) is 0.346. The van der Waals surface area contributed by atoms with Crippen molar-refractivity contribution in [2.75, 3.05) is 11.6 Å². The Kier molecular flexibility index (Phi) is 6.09. The highest BCUT2D eigenvalue weighted by atomic mass is 32.2. The third kappa shape index (κ3) is 4.76. The molecule has 164 valence electrons. The Morgan fingerprint density at radius 2 is 1.94 bits per heavy atom. The molecule has 33 heavy (non-hydrogen) atoms. The molecule has 0 aliphatic heterocycles. The maximum absolute atomic E-state index is 12.7. The average molecular weight is 474 g/mol. The van der Waals surface area contributed by atoms with Crippen LogP contribution in [0, 0.1) is 0 Å². The van der Waals surface area contributed by atoms with Crippen molar-refractivity contribution in [2.45, 2.75) is 15.8 Å². The number of hydrogen-bond acceptors (Lipinski definition) is 7. The van der Waals surface area contributed by atoms with Gasteiger partial charge in [-0.25, -0.2) is 4.98 Å². The van der Waals surface area contributed by atoms with E-state index in [1.807, 2.05) is 89.8 Å². The van der Waals surface area contributed by atoms with Gasteiger partial charge in [-0.2, -0.15) is 4.68 Å². The first kappa shape index (κ1) is 21.2. The summed E-state index contributed by atoms with van der Waals surface area (Å²) in [6, 6.07) is 21.0. The minimum absolute atomic E-state index is 0.175. The van der Waals surface area contributed by atoms with Crippen LogP contribution in [0.25, 0.3) is 11.3 Å². The number of benzene rings is 2. The van der Waals surface area contributed by atoms with Gasteiger partial charge in [0.2, 0.25) is 5.16 Å². The fourth-order valence-electron chi connectivity index (χ4n) is 3.30. The smallest absolute Gasteiger partial charge is 0.255 e. The SMILES string of the molecule is CSc1nnnn1-c1cccc(NC(=O)c2ccc(SCc3cn4ccccc4n3)cc2)c1. The normalized spacial score (nSPS) is 11.1. The summed E-state index contributed by atoms with van der Waals surface area (Å²) in [5.74, 6) is 0.584. The van der Waals surface area contributed by atoms with Gasteiger partial charge >= 0.3 is 0 Å². The first-order valence-electron chi connectivity index (χ1n) is 10.1.